The average molecular weight is 249 g/mol. The summed E-state index contributed by atoms with van der Waals surface area (Å²) >= 11 is 0. The molecule has 2 aliphatic rings. The molecule has 0 bridgehead atoms. The van der Waals surface area contributed by atoms with Gasteiger partial charge in [-0.3, -0.25) is 4.90 Å². The molecule has 104 valence electrons. The first kappa shape index (κ1) is 14.1. The van der Waals surface area contributed by atoms with Gasteiger partial charge in [0.2, 0.25) is 0 Å². The largest absolute Gasteiger partial charge is 0.300 e. The molecule has 0 radical (unpaired) electrons. The van der Waals surface area contributed by atoms with E-state index in [2.05, 4.69) is 31.4 Å². The molecule has 1 saturated heterocycles. The summed E-state index contributed by atoms with van der Waals surface area (Å²) in [4.78, 5) is 2.80. The van der Waals surface area contributed by atoms with E-state index in [0.29, 0.717) is 0 Å². The van der Waals surface area contributed by atoms with E-state index in [1.54, 1.807) is 0 Å². The molecule has 2 rings (SSSR count). The lowest BCUT2D eigenvalue weighted by Crippen LogP contribution is -2.37. The molecular weight excluding hydrogens is 218 g/mol. The molecule has 0 aromatic rings. The number of nitrogens with zero attached hydrogens (tertiary/aromatic N) is 1. The lowest BCUT2D eigenvalue weighted by Gasteiger charge is -2.32. The van der Waals surface area contributed by atoms with Crippen molar-refractivity contribution in [2.24, 2.45) is 17.8 Å². The molecule has 4 unspecified atom stereocenters. The van der Waals surface area contributed by atoms with E-state index in [9.17, 15) is 0 Å². The Morgan fingerprint density at radius 2 is 1.89 bits per heavy atom. The Morgan fingerprint density at radius 3 is 2.44 bits per heavy atom. The SMILES string of the molecule is C=CCCC(CCC)C(C)N1CC2CCCC2C1. The van der Waals surface area contributed by atoms with E-state index in [1.807, 2.05) is 0 Å². The topological polar surface area (TPSA) is 3.24 Å². The minimum absolute atomic E-state index is 0.787. The third-order valence-electron chi connectivity index (χ3n) is 5.41. The van der Waals surface area contributed by atoms with E-state index in [1.165, 1.54) is 58.0 Å². The van der Waals surface area contributed by atoms with Crippen LogP contribution >= 0.6 is 0 Å². The Balaban J connectivity index is 1.87. The second-order valence-electron chi connectivity index (χ2n) is 6.56. The number of allylic oxidation sites excluding steroid dienone is 1. The first-order chi connectivity index (χ1) is 8.76. The zero-order valence-corrected chi connectivity index (χ0v) is 12.4. The van der Waals surface area contributed by atoms with E-state index >= 15 is 0 Å². The molecule has 0 spiro atoms. The highest BCUT2D eigenvalue weighted by atomic mass is 15.2. The molecule has 1 heterocycles. The van der Waals surface area contributed by atoms with E-state index < -0.39 is 0 Å². The van der Waals surface area contributed by atoms with Crippen molar-refractivity contribution in [2.75, 3.05) is 13.1 Å². The molecule has 1 aliphatic carbocycles. The first-order valence-electron chi connectivity index (χ1n) is 8.11. The standard InChI is InChI=1S/C17H31N/c1-4-6-9-15(8-5-2)14(3)18-12-16-10-7-11-17(16)13-18/h4,14-17H,1,5-13H2,2-3H3. The number of rotatable bonds is 7. The van der Waals surface area contributed by atoms with E-state index in [4.69, 9.17) is 0 Å². The normalized spacial score (nSPS) is 31.2. The van der Waals surface area contributed by atoms with Crippen molar-refractivity contribution in [1.82, 2.24) is 4.90 Å². The van der Waals surface area contributed by atoms with Gasteiger partial charge in [0.25, 0.3) is 0 Å². The summed E-state index contributed by atoms with van der Waals surface area (Å²) in [6.07, 6.45) is 11.8. The summed E-state index contributed by atoms with van der Waals surface area (Å²) in [5.41, 5.74) is 0. The van der Waals surface area contributed by atoms with Gasteiger partial charge in [0.15, 0.2) is 0 Å². The average Bonchev–Trinajstić information content (AvgIpc) is 2.94. The molecule has 0 N–H and O–H groups in total. The maximum Gasteiger partial charge on any atom is 0.00955 e. The van der Waals surface area contributed by atoms with Gasteiger partial charge >= 0.3 is 0 Å². The van der Waals surface area contributed by atoms with Crippen LogP contribution in [0.3, 0.4) is 0 Å². The van der Waals surface area contributed by atoms with Crippen LogP contribution < -0.4 is 0 Å². The number of hydrogen-bond acceptors (Lipinski definition) is 1. The predicted molar refractivity (Wildman–Crippen MR) is 79.7 cm³/mol. The van der Waals surface area contributed by atoms with Crippen molar-refractivity contribution < 1.29 is 0 Å². The van der Waals surface area contributed by atoms with Crippen molar-refractivity contribution in [1.29, 1.82) is 0 Å². The molecule has 2 fully saturated rings. The van der Waals surface area contributed by atoms with Crippen LogP contribution in [0.5, 0.6) is 0 Å². The van der Waals surface area contributed by atoms with Crippen LogP contribution in [0.15, 0.2) is 12.7 Å². The van der Waals surface area contributed by atoms with Crippen LogP contribution in [-0.4, -0.2) is 24.0 Å². The third-order valence-corrected chi connectivity index (χ3v) is 5.41. The summed E-state index contributed by atoms with van der Waals surface area (Å²) in [6.45, 7) is 11.5. The van der Waals surface area contributed by atoms with Gasteiger partial charge in [-0.2, -0.15) is 0 Å². The summed E-state index contributed by atoms with van der Waals surface area (Å²) in [5, 5.41) is 0. The zero-order valence-electron chi connectivity index (χ0n) is 12.4. The minimum Gasteiger partial charge on any atom is -0.300 e. The molecule has 18 heavy (non-hydrogen) atoms. The van der Waals surface area contributed by atoms with Crippen LogP contribution in [0.2, 0.25) is 0 Å². The molecule has 0 aromatic carbocycles. The quantitative estimate of drug-likeness (QED) is 0.601. The van der Waals surface area contributed by atoms with Gasteiger partial charge in [-0.15, -0.1) is 6.58 Å². The number of likely N-dealkylation sites (tertiary alicyclic amines) is 1. The van der Waals surface area contributed by atoms with Crippen molar-refractivity contribution in [3.63, 3.8) is 0 Å². The molecule has 0 amide bonds. The van der Waals surface area contributed by atoms with Gasteiger partial charge in [0, 0.05) is 19.1 Å². The van der Waals surface area contributed by atoms with Crippen molar-refractivity contribution in [3.8, 4) is 0 Å². The second kappa shape index (κ2) is 6.75. The van der Waals surface area contributed by atoms with Gasteiger partial charge in [0.05, 0.1) is 0 Å². The monoisotopic (exact) mass is 249 g/mol. The Hall–Kier alpha value is -0.300. The van der Waals surface area contributed by atoms with Crippen molar-refractivity contribution >= 4 is 0 Å². The van der Waals surface area contributed by atoms with Gasteiger partial charge in [-0.25, -0.2) is 0 Å². The summed E-state index contributed by atoms with van der Waals surface area (Å²) in [7, 11) is 0. The van der Waals surface area contributed by atoms with Crippen LogP contribution in [-0.2, 0) is 0 Å². The van der Waals surface area contributed by atoms with Gasteiger partial charge in [0.1, 0.15) is 0 Å². The first-order valence-corrected chi connectivity index (χ1v) is 8.11. The minimum atomic E-state index is 0.787. The highest BCUT2D eigenvalue weighted by Gasteiger charge is 2.38. The predicted octanol–water partition coefficient (Wildman–Crippen LogP) is 4.49. The summed E-state index contributed by atoms with van der Waals surface area (Å²) in [5.74, 6) is 2.95. The Kier molecular flexibility index (Phi) is 5.29. The van der Waals surface area contributed by atoms with Crippen LogP contribution in [0, 0.1) is 17.8 Å². The third kappa shape index (κ3) is 3.17. The maximum absolute atomic E-state index is 3.88. The van der Waals surface area contributed by atoms with Crippen molar-refractivity contribution in [3.05, 3.63) is 12.7 Å². The van der Waals surface area contributed by atoms with Gasteiger partial charge in [-0.05, 0) is 56.8 Å². The smallest absolute Gasteiger partial charge is 0.00955 e. The maximum atomic E-state index is 3.88. The second-order valence-corrected chi connectivity index (χ2v) is 6.56. The van der Waals surface area contributed by atoms with E-state index in [0.717, 1.165) is 23.8 Å². The Bertz CT molecular complexity index is 248. The van der Waals surface area contributed by atoms with Gasteiger partial charge in [-0.1, -0.05) is 25.8 Å². The zero-order chi connectivity index (χ0) is 13.0. The summed E-state index contributed by atoms with van der Waals surface area (Å²) < 4.78 is 0. The lowest BCUT2D eigenvalue weighted by atomic mass is 9.90. The lowest BCUT2D eigenvalue weighted by molar-refractivity contribution is 0.162. The number of fused-ring (bicyclic) bond motifs is 1. The van der Waals surface area contributed by atoms with Crippen molar-refractivity contribution in [2.45, 2.75) is 64.8 Å². The molecule has 0 aromatic heterocycles. The van der Waals surface area contributed by atoms with Gasteiger partial charge < -0.3 is 0 Å². The Morgan fingerprint density at radius 1 is 1.22 bits per heavy atom. The highest BCUT2D eigenvalue weighted by Crippen LogP contribution is 2.39. The fourth-order valence-electron chi connectivity index (χ4n) is 4.23. The molecule has 1 heteroatoms. The highest BCUT2D eigenvalue weighted by molar-refractivity contribution is 4.92. The molecular formula is C17H31N. The fourth-order valence-corrected chi connectivity index (χ4v) is 4.23. The van der Waals surface area contributed by atoms with Crippen LogP contribution in [0.25, 0.3) is 0 Å². The van der Waals surface area contributed by atoms with Crippen LogP contribution in [0.1, 0.15) is 58.8 Å². The molecule has 1 saturated carbocycles. The molecule has 1 aliphatic heterocycles. The fraction of sp³-hybridized carbons (Fsp3) is 0.882. The van der Waals surface area contributed by atoms with E-state index in [-0.39, 0.29) is 0 Å². The number of hydrogen-bond donors (Lipinski definition) is 0. The van der Waals surface area contributed by atoms with Crippen LogP contribution in [0.4, 0.5) is 0 Å². The Labute approximate surface area is 114 Å². The summed E-state index contributed by atoms with van der Waals surface area (Å²) in [6, 6.07) is 0.787. The molecule has 1 nitrogen and oxygen atoms in total. The molecule has 4 atom stereocenters.